The third-order valence-corrected chi connectivity index (χ3v) is 5.38. The lowest BCUT2D eigenvalue weighted by atomic mass is 9.84. The minimum Gasteiger partial charge on any atom is -0.489 e. The molecule has 8 nitrogen and oxygen atoms in total. The summed E-state index contributed by atoms with van der Waals surface area (Å²) in [5, 5.41) is 7.12. The molecule has 11 heteroatoms. The zero-order valence-corrected chi connectivity index (χ0v) is 18.5. The predicted molar refractivity (Wildman–Crippen MR) is 114 cm³/mol. The van der Waals surface area contributed by atoms with E-state index in [9.17, 15) is 18.0 Å². The van der Waals surface area contributed by atoms with Gasteiger partial charge in [-0.15, -0.1) is 0 Å². The summed E-state index contributed by atoms with van der Waals surface area (Å²) in [6.45, 7) is 3.85. The van der Waals surface area contributed by atoms with Crippen molar-refractivity contribution in [2.24, 2.45) is 0 Å². The molecule has 0 radical (unpaired) electrons. The average molecular weight is 482 g/mol. The van der Waals surface area contributed by atoms with E-state index in [4.69, 9.17) is 24.1 Å². The number of alkyl halides is 3. The standard InChI is InChI=1S/C21H24N2O4.C2HF3O2/c1-16-5-2-3-7-19(16)25-13-20(24)23-14-21(15-23)11-17(8-10-26-21)27-18-6-4-9-22-12-18;3-2(4,5)1(6)7/h2-7,9,12,17H,8,10-11,13-15H2,1H3;(H,6,7). The smallest absolute Gasteiger partial charge is 0.489 e. The van der Waals surface area contributed by atoms with Gasteiger partial charge in [0.2, 0.25) is 0 Å². The SMILES string of the molecule is Cc1ccccc1OCC(=O)N1CC2(CC(Oc3cccnc3)CCO2)C1.O=C(O)C(F)(F)F. The van der Waals surface area contributed by atoms with Gasteiger partial charge in [0.15, 0.2) is 6.61 Å². The van der Waals surface area contributed by atoms with Crippen LogP contribution in [0.2, 0.25) is 0 Å². The van der Waals surface area contributed by atoms with Crippen LogP contribution in [0, 0.1) is 6.92 Å². The first-order chi connectivity index (χ1) is 16.1. The number of hydrogen-bond donors (Lipinski definition) is 1. The fourth-order valence-electron chi connectivity index (χ4n) is 3.69. The number of likely N-dealkylation sites (tertiary alicyclic amines) is 1. The van der Waals surface area contributed by atoms with Crippen molar-refractivity contribution in [1.82, 2.24) is 9.88 Å². The van der Waals surface area contributed by atoms with Crippen molar-refractivity contribution >= 4 is 11.9 Å². The van der Waals surface area contributed by atoms with Crippen LogP contribution in [0.25, 0.3) is 0 Å². The zero-order chi connectivity index (χ0) is 24.8. The molecule has 1 N–H and O–H groups in total. The van der Waals surface area contributed by atoms with E-state index in [2.05, 4.69) is 4.98 Å². The van der Waals surface area contributed by atoms with Crippen LogP contribution in [-0.2, 0) is 14.3 Å². The van der Waals surface area contributed by atoms with Crippen molar-refractivity contribution in [3.63, 3.8) is 0 Å². The van der Waals surface area contributed by atoms with Gasteiger partial charge >= 0.3 is 12.1 Å². The van der Waals surface area contributed by atoms with Crippen LogP contribution >= 0.6 is 0 Å². The van der Waals surface area contributed by atoms with E-state index < -0.39 is 12.1 Å². The number of rotatable bonds is 5. The van der Waals surface area contributed by atoms with Crippen molar-refractivity contribution in [2.75, 3.05) is 26.3 Å². The highest BCUT2D eigenvalue weighted by Gasteiger charge is 2.50. The summed E-state index contributed by atoms with van der Waals surface area (Å²) in [5.41, 5.74) is 0.736. The summed E-state index contributed by atoms with van der Waals surface area (Å²) < 4.78 is 49.4. The molecule has 2 saturated heterocycles. The first kappa shape index (κ1) is 25.3. The van der Waals surface area contributed by atoms with Crippen molar-refractivity contribution in [3.8, 4) is 11.5 Å². The van der Waals surface area contributed by atoms with E-state index in [1.165, 1.54) is 0 Å². The van der Waals surface area contributed by atoms with Crippen LogP contribution in [0.3, 0.4) is 0 Å². The molecule has 34 heavy (non-hydrogen) atoms. The van der Waals surface area contributed by atoms with Crippen LogP contribution in [0.15, 0.2) is 48.8 Å². The number of aryl methyl sites for hydroxylation is 1. The van der Waals surface area contributed by atoms with Gasteiger partial charge in [0.1, 0.15) is 23.2 Å². The van der Waals surface area contributed by atoms with Gasteiger partial charge in [0, 0.05) is 19.0 Å². The molecule has 1 spiro atoms. The number of carboxylic acids is 1. The Labute approximate surface area is 194 Å². The number of pyridine rings is 1. The Morgan fingerprint density at radius 2 is 1.94 bits per heavy atom. The van der Waals surface area contributed by atoms with Crippen molar-refractivity contribution in [2.45, 2.75) is 37.6 Å². The maximum absolute atomic E-state index is 12.4. The Bertz CT molecular complexity index is 980. The van der Waals surface area contributed by atoms with Crippen molar-refractivity contribution in [1.29, 1.82) is 0 Å². The van der Waals surface area contributed by atoms with Crippen LogP contribution in [0.1, 0.15) is 18.4 Å². The summed E-state index contributed by atoms with van der Waals surface area (Å²) in [4.78, 5) is 27.2. The Kier molecular flexibility index (Phi) is 7.98. The molecule has 1 unspecified atom stereocenters. The quantitative estimate of drug-likeness (QED) is 0.699. The number of carboxylic acid groups (broad SMARTS) is 1. The lowest BCUT2D eigenvalue weighted by Gasteiger charge is -2.52. The number of para-hydroxylation sites is 1. The number of nitrogens with zero attached hydrogens (tertiary/aromatic N) is 2. The van der Waals surface area contributed by atoms with Crippen molar-refractivity contribution in [3.05, 3.63) is 54.4 Å². The Hall–Kier alpha value is -3.34. The number of carbonyl (C=O) groups excluding carboxylic acids is 1. The van der Waals surface area contributed by atoms with Gasteiger partial charge in [0.05, 0.1) is 25.9 Å². The highest BCUT2D eigenvalue weighted by atomic mass is 19.4. The van der Waals surface area contributed by atoms with E-state index in [0.717, 1.165) is 29.9 Å². The molecule has 0 bridgehead atoms. The first-order valence-electron chi connectivity index (χ1n) is 10.5. The molecule has 1 aromatic heterocycles. The molecule has 3 heterocycles. The van der Waals surface area contributed by atoms with Gasteiger partial charge in [-0.05, 0) is 30.7 Å². The highest BCUT2D eigenvalue weighted by Crippen LogP contribution is 2.35. The molecule has 0 saturated carbocycles. The molecule has 4 rings (SSSR count). The van der Waals surface area contributed by atoms with Gasteiger partial charge in [-0.25, -0.2) is 4.79 Å². The number of benzene rings is 1. The largest absolute Gasteiger partial charge is 0.490 e. The molecule has 1 amide bonds. The van der Waals surface area contributed by atoms with Crippen molar-refractivity contribution < 1.29 is 42.1 Å². The summed E-state index contributed by atoms with van der Waals surface area (Å²) in [7, 11) is 0. The molecule has 1 aromatic carbocycles. The van der Waals surface area contributed by atoms with Crippen LogP contribution in [0.4, 0.5) is 13.2 Å². The second kappa shape index (κ2) is 10.7. The minimum atomic E-state index is -5.08. The zero-order valence-electron chi connectivity index (χ0n) is 18.5. The Morgan fingerprint density at radius 3 is 2.56 bits per heavy atom. The number of ether oxygens (including phenoxy) is 3. The van der Waals surface area contributed by atoms with Crippen LogP contribution < -0.4 is 9.47 Å². The number of amides is 1. The van der Waals surface area contributed by atoms with E-state index in [1.54, 1.807) is 17.3 Å². The molecular weight excluding hydrogens is 457 g/mol. The van der Waals surface area contributed by atoms with Crippen LogP contribution in [-0.4, -0.2) is 71.1 Å². The molecule has 184 valence electrons. The predicted octanol–water partition coefficient (Wildman–Crippen LogP) is 3.24. The average Bonchev–Trinajstić information content (AvgIpc) is 2.77. The molecule has 2 fully saturated rings. The summed E-state index contributed by atoms with van der Waals surface area (Å²) in [6, 6.07) is 11.5. The second-order valence-electron chi connectivity index (χ2n) is 8.06. The fraction of sp³-hybridized carbons (Fsp3) is 0.435. The second-order valence-corrected chi connectivity index (χ2v) is 8.06. The Morgan fingerprint density at radius 1 is 1.24 bits per heavy atom. The van der Waals surface area contributed by atoms with Gasteiger partial charge in [-0.2, -0.15) is 13.2 Å². The molecule has 2 aromatic rings. The number of hydrogen-bond acceptors (Lipinski definition) is 6. The maximum Gasteiger partial charge on any atom is 0.490 e. The van der Waals surface area contributed by atoms with Gasteiger partial charge in [-0.3, -0.25) is 9.78 Å². The molecule has 2 aliphatic rings. The monoisotopic (exact) mass is 482 g/mol. The Balaban J connectivity index is 0.000000406. The lowest BCUT2D eigenvalue weighted by molar-refractivity contribution is -0.194. The van der Waals surface area contributed by atoms with E-state index >= 15 is 0 Å². The lowest BCUT2D eigenvalue weighted by Crippen LogP contribution is -2.68. The summed E-state index contributed by atoms with van der Waals surface area (Å²) in [5.74, 6) is -1.24. The number of aromatic nitrogens is 1. The summed E-state index contributed by atoms with van der Waals surface area (Å²) >= 11 is 0. The maximum atomic E-state index is 12.4. The van der Waals surface area contributed by atoms with E-state index in [0.29, 0.717) is 19.7 Å². The third kappa shape index (κ3) is 6.83. The number of carbonyl (C=O) groups is 2. The van der Waals surface area contributed by atoms with E-state index in [1.807, 2.05) is 43.3 Å². The molecule has 2 aliphatic heterocycles. The third-order valence-electron chi connectivity index (χ3n) is 5.38. The first-order valence-corrected chi connectivity index (χ1v) is 10.5. The van der Waals surface area contributed by atoms with E-state index in [-0.39, 0.29) is 24.2 Å². The van der Waals surface area contributed by atoms with Crippen LogP contribution in [0.5, 0.6) is 11.5 Å². The number of halogens is 3. The molecule has 0 aliphatic carbocycles. The van der Waals surface area contributed by atoms with Gasteiger partial charge in [-0.1, -0.05) is 18.2 Å². The van der Waals surface area contributed by atoms with Gasteiger partial charge in [0.25, 0.3) is 5.91 Å². The molecular formula is C23H25F3N2O6. The minimum absolute atomic E-state index is 0.0113. The summed E-state index contributed by atoms with van der Waals surface area (Å²) in [6.07, 6.45) is 0.0862. The van der Waals surface area contributed by atoms with Gasteiger partial charge < -0.3 is 24.2 Å². The highest BCUT2D eigenvalue weighted by molar-refractivity contribution is 5.79. The topological polar surface area (TPSA) is 98.2 Å². The fourth-order valence-corrected chi connectivity index (χ4v) is 3.69. The molecule has 1 atom stereocenters. The number of aliphatic carboxylic acids is 1. The normalized spacial score (nSPS) is 18.8.